The first-order valence-corrected chi connectivity index (χ1v) is 8.96. The van der Waals surface area contributed by atoms with Gasteiger partial charge in [-0.2, -0.15) is 0 Å². The van der Waals surface area contributed by atoms with E-state index in [1.165, 1.54) is 0 Å². The van der Waals surface area contributed by atoms with Gasteiger partial charge >= 0.3 is 0 Å². The standard InChI is InChI=1S/C21H26N4O2/c1-14-10-17(11-15(2)20(14)27-5)16-6-7-19-23-18(13-25(19)12-16)21(26)22-8-9-24(3)4/h6-7,10-13H,8-9H2,1-5H3,(H,22,26). The molecule has 3 aromatic rings. The molecule has 6 nitrogen and oxygen atoms in total. The summed E-state index contributed by atoms with van der Waals surface area (Å²) in [5.41, 5.74) is 5.54. The number of nitrogens with one attached hydrogen (secondary N) is 1. The first kappa shape index (κ1) is 18.9. The summed E-state index contributed by atoms with van der Waals surface area (Å²) < 4.78 is 7.34. The van der Waals surface area contributed by atoms with Gasteiger partial charge in [0.25, 0.3) is 5.91 Å². The number of pyridine rings is 1. The second kappa shape index (κ2) is 7.80. The maximum atomic E-state index is 12.3. The van der Waals surface area contributed by atoms with E-state index in [-0.39, 0.29) is 5.91 Å². The van der Waals surface area contributed by atoms with E-state index < -0.39 is 0 Å². The van der Waals surface area contributed by atoms with E-state index in [1.54, 1.807) is 13.3 Å². The fourth-order valence-corrected chi connectivity index (χ4v) is 3.19. The van der Waals surface area contributed by atoms with Gasteiger partial charge in [0.1, 0.15) is 17.1 Å². The Morgan fingerprint density at radius 2 is 1.85 bits per heavy atom. The second-order valence-electron chi connectivity index (χ2n) is 7.01. The van der Waals surface area contributed by atoms with Crippen LogP contribution in [0.1, 0.15) is 21.6 Å². The van der Waals surface area contributed by atoms with E-state index in [0.29, 0.717) is 12.2 Å². The summed E-state index contributed by atoms with van der Waals surface area (Å²) in [7, 11) is 5.64. The van der Waals surface area contributed by atoms with Gasteiger partial charge in [-0.3, -0.25) is 4.79 Å². The Morgan fingerprint density at radius 1 is 1.15 bits per heavy atom. The first-order valence-electron chi connectivity index (χ1n) is 8.96. The molecule has 3 rings (SSSR count). The lowest BCUT2D eigenvalue weighted by molar-refractivity contribution is 0.0946. The minimum atomic E-state index is -0.154. The minimum Gasteiger partial charge on any atom is -0.496 e. The number of nitrogens with zero attached hydrogens (tertiary/aromatic N) is 3. The average molecular weight is 366 g/mol. The fraction of sp³-hybridized carbons (Fsp3) is 0.333. The lowest BCUT2D eigenvalue weighted by Gasteiger charge is -2.11. The molecule has 0 aliphatic heterocycles. The zero-order valence-corrected chi connectivity index (χ0v) is 16.5. The number of carbonyl (C=O) groups is 1. The fourth-order valence-electron chi connectivity index (χ4n) is 3.19. The SMILES string of the molecule is COc1c(C)cc(-c2ccc3nc(C(=O)NCCN(C)C)cn3c2)cc1C. The molecule has 1 N–H and O–H groups in total. The molecular weight excluding hydrogens is 340 g/mol. The van der Waals surface area contributed by atoms with Crippen molar-refractivity contribution in [3.63, 3.8) is 0 Å². The summed E-state index contributed by atoms with van der Waals surface area (Å²) in [6.07, 6.45) is 3.77. The highest BCUT2D eigenvalue weighted by molar-refractivity contribution is 5.92. The maximum absolute atomic E-state index is 12.3. The van der Waals surface area contributed by atoms with Gasteiger partial charge in [-0.1, -0.05) is 0 Å². The number of likely N-dealkylation sites (N-methyl/N-ethyl adjacent to an activating group) is 1. The van der Waals surface area contributed by atoms with Gasteiger partial charge in [-0.15, -0.1) is 0 Å². The van der Waals surface area contributed by atoms with Crippen LogP contribution in [0.4, 0.5) is 0 Å². The van der Waals surface area contributed by atoms with Crippen molar-refractivity contribution in [1.82, 2.24) is 19.6 Å². The van der Waals surface area contributed by atoms with Crippen LogP contribution < -0.4 is 10.1 Å². The molecule has 2 heterocycles. The van der Waals surface area contributed by atoms with Crippen molar-refractivity contribution in [2.45, 2.75) is 13.8 Å². The Balaban J connectivity index is 1.87. The Morgan fingerprint density at radius 3 is 2.48 bits per heavy atom. The van der Waals surface area contributed by atoms with E-state index in [2.05, 4.69) is 22.4 Å². The smallest absolute Gasteiger partial charge is 0.271 e. The summed E-state index contributed by atoms with van der Waals surface area (Å²) in [5.74, 6) is 0.761. The highest BCUT2D eigenvalue weighted by Crippen LogP contribution is 2.30. The molecule has 0 spiro atoms. The molecular formula is C21H26N4O2. The Kier molecular flexibility index (Phi) is 5.46. The van der Waals surface area contributed by atoms with Crippen molar-refractivity contribution in [3.8, 4) is 16.9 Å². The maximum Gasteiger partial charge on any atom is 0.271 e. The molecule has 1 amide bonds. The van der Waals surface area contributed by atoms with Gasteiger partial charge in [0, 0.05) is 25.5 Å². The molecule has 6 heteroatoms. The van der Waals surface area contributed by atoms with Crippen LogP contribution in [0.2, 0.25) is 0 Å². The summed E-state index contributed by atoms with van der Waals surface area (Å²) in [4.78, 5) is 18.7. The van der Waals surface area contributed by atoms with Crippen LogP contribution in [-0.2, 0) is 0 Å². The van der Waals surface area contributed by atoms with Gasteiger partial charge in [0.05, 0.1) is 7.11 Å². The van der Waals surface area contributed by atoms with Crippen molar-refractivity contribution in [1.29, 1.82) is 0 Å². The third kappa shape index (κ3) is 4.11. The monoisotopic (exact) mass is 366 g/mol. The largest absolute Gasteiger partial charge is 0.496 e. The predicted octanol–water partition coefficient (Wildman–Crippen LogP) is 2.92. The van der Waals surface area contributed by atoms with Crippen LogP contribution in [0.3, 0.4) is 0 Å². The number of imidazole rings is 1. The third-order valence-electron chi connectivity index (χ3n) is 4.53. The van der Waals surface area contributed by atoms with Crippen LogP contribution >= 0.6 is 0 Å². The lowest BCUT2D eigenvalue weighted by atomic mass is 10.0. The highest BCUT2D eigenvalue weighted by Gasteiger charge is 2.12. The Bertz CT molecular complexity index is 952. The number of aromatic nitrogens is 2. The molecule has 0 atom stereocenters. The van der Waals surface area contributed by atoms with Crippen molar-refractivity contribution >= 4 is 11.6 Å². The van der Waals surface area contributed by atoms with Gasteiger partial charge in [-0.05, 0) is 74.5 Å². The van der Waals surface area contributed by atoms with Crippen molar-refractivity contribution in [3.05, 3.63) is 53.5 Å². The number of benzene rings is 1. The Hall–Kier alpha value is -2.86. The minimum absolute atomic E-state index is 0.154. The summed E-state index contributed by atoms with van der Waals surface area (Å²) >= 11 is 0. The molecule has 0 unspecified atom stereocenters. The van der Waals surface area contributed by atoms with Gasteiger partial charge in [0.2, 0.25) is 0 Å². The number of aryl methyl sites for hydroxylation is 2. The van der Waals surface area contributed by atoms with E-state index in [4.69, 9.17) is 4.74 Å². The molecule has 0 fully saturated rings. The molecule has 27 heavy (non-hydrogen) atoms. The lowest BCUT2D eigenvalue weighted by Crippen LogP contribution is -2.31. The molecule has 1 aromatic carbocycles. The predicted molar refractivity (Wildman–Crippen MR) is 108 cm³/mol. The number of amides is 1. The molecule has 2 aromatic heterocycles. The molecule has 0 saturated heterocycles. The van der Waals surface area contributed by atoms with Crippen LogP contribution in [0.15, 0.2) is 36.7 Å². The molecule has 0 aliphatic carbocycles. The van der Waals surface area contributed by atoms with Crippen LogP contribution in [0, 0.1) is 13.8 Å². The normalized spacial score (nSPS) is 11.2. The third-order valence-corrected chi connectivity index (χ3v) is 4.53. The number of methoxy groups -OCH3 is 1. The van der Waals surface area contributed by atoms with Gasteiger partial charge in [-0.25, -0.2) is 4.98 Å². The molecule has 142 valence electrons. The van der Waals surface area contributed by atoms with E-state index in [9.17, 15) is 4.79 Å². The average Bonchev–Trinajstić information content (AvgIpc) is 3.04. The first-order chi connectivity index (χ1) is 12.9. The zero-order valence-electron chi connectivity index (χ0n) is 16.5. The molecule has 0 saturated carbocycles. The highest BCUT2D eigenvalue weighted by atomic mass is 16.5. The zero-order chi connectivity index (χ0) is 19.6. The second-order valence-corrected chi connectivity index (χ2v) is 7.01. The van der Waals surface area contributed by atoms with E-state index >= 15 is 0 Å². The topological polar surface area (TPSA) is 58.9 Å². The number of fused-ring (bicyclic) bond motifs is 1. The quantitative estimate of drug-likeness (QED) is 0.729. The van der Waals surface area contributed by atoms with Crippen LogP contribution in [0.25, 0.3) is 16.8 Å². The van der Waals surface area contributed by atoms with Gasteiger partial charge in [0.15, 0.2) is 0 Å². The van der Waals surface area contributed by atoms with Crippen molar-refractivity contribution in [2.75, 3.05) is 34.3 Å². The number of carbonyl (C=O) groups excluding carboxylic acids is 1. The van der Waals surface area contributed by atoms with Gasteiger partial charge < -0.3 is 19.4 Å². The van der Waals surface area contributed by atoms with Crippen molar-refractivity contribution < 1.29 is 9.53 Å². The number of hydrogen-bond acceptors (Lipinski definition) is 4. The number of hydrogen-bond donors (Lipinski definition) is 1. The number of rotatable bonds is 6. The van der Waals surface area contributed by atoms with Crippen LogP contribution in [-0.4, -0.2) is 54.5 Å². The summed E-state index contributed by atoms with van der Waals surface area (Å²) in [6, 6.07) is 8.18. The number of ether oxygens (including phenoxy) is 1. The summed E-state index contributed by atoms with van der Waals surface area (Å²) in [6.45, 7) is 5.47. The van der Waals surface area contributed by atoms with E-state index in [0.717, 1.165) is 40.2 Å². The summed E-state index contributed by atoms with van der Waals surface area (Å²) in [5, 5.41) is 2.89. The van der Waals surface area contributed by atoms with E-state index in [1.807, 2.05) is 55.6 Å². The van der Waals surface area contributed by atoms with Crippen LogP contribution in [0.5, 0.6) is 5.75 Å². The molecule has 0 radical (unpaired) electrons. The Labute approximate surface area is 159 Å². The molecule has 0 bridgehead atoms. The molecule has 0 aliphatic rings. The van der Waals surface area contributed by atoms with Crippen molar-refractivity contribution in [2.24, 2.45) is 0 Å².